The Bertz CT molecular complexity index is 447. The first-order valence-corrected chi connectivity index (χ1v) is 8.81. The summed E-state index contributed by atoms with van der Waals surface area (Å²) in [5.41, 5.74) is 10.3. The predicted octanol–water partition coefficient (Wildman–Crippen LogP) is 3.61. The molecule has 1 heterocycles. The quantitative estimate of drug-likeness (QED) is 0.919. The first-order valence-electron chi connectivity index (χ1n) is 7.76. The average Bonchev–Trinajstić information content (AvgIpc) is 2.42. The van der Waals surface area contributed by atoms with Crippen LogP contribution in [0.3, 0.4) is 0 Å². The van der Waals surface area contributed by atoms with Crippen molar-refractivity contribution in [1.82, 2.24) is 0 Å². The van der Waals surface area contributed by atoms with Gasteiger partial charge >= 0.3 is 0 Å². The van der Waals surface area contributed by atoms with Crippen molar-refractivity contribution < 1.29 is 0 Å². The van der Waals surface area contributed by atoms with E-state index in [9.17, 15) is 0 Å². The van der Waals surface area contributed by atoms with Crippen LogP contribution in [0.1, 0.15) is 38.3 Å². The molecule has 0 bridgehead atoms. The van der Waals surface area contributed by atoms with Crippen LogP contribution in [0.25, 0.3) is 0 Å². The highest BCUT2D eigenvalue weighted by Crippen LogP contribution is 2.32. The largest absolute Gasteiger partial charge is 0.367 e. The molecule has 0 amide bonds. The first kappa shape index (κ1) is 15.7. The molecule has 1 aliphatic heterocycles. The van der Waals surface area contributed by atoms with Crippen molar-refractivity contribution in [3.8, 4) is 0 Å². The molecule has 1 aliphatic rings. The summed E-state index contributed by atoms with van der Waals surface area (Å²) in [4.78, 5) is 2.58. The second kappa shape index (κ2) is 6.86. The molecule has 0 aliphatic carbocycles. The molecule has 3 unspecified atom stereocenters. The highest BCUT2D eigenvalue weighted by molar-refractivity contribution is 8.00. The van der Waals surface area contributed by atoms with Crippen molar-refractivity contribution in [3.05, 3.63) is 29.3 Å². The van der Waals surface area contributed by atoms with Gasteiger partial charge < -0.3 is 10.6 Å². The molecule has 1 saturated heterocycles. The van der Waals surface area contributed by atoms with E-state index in [1.54, 1.807) is 0 Å². The minimum atomic E-state index is 0.266. The van der Waals surface area contributed by atoms with Crippen LogP contribution in [0.4, 0.5) is 5.69 Å². The predicted molar refractivity (Wildman–Crippen MR) is 91.9 cm³/mol. The highest BCUT2D eigenvalue weighted by Gasteiger charge is 2.26. The van der Waals surface area contributed by atoms with Crippen LogP contribution in [-0.2, 0) is 6.42 Å². The number of hydrogen-bond donors (Lipinski definition) is 1. The third-order valence-corrected chi connectivity index (χ3v) is 5.77. The lowest BCUT2D eigenvalue weighted by atomic mass is 9.99. The average molecular weight is 292 g/mol. The van der Waals surface area contributed by atoms with Crippen LogP contribution in [0.2, 0.25) is 0 Å². The Morgan fingerprint density at radius 2 is 2.15 bits per heavy atom. The number of benzene rings is 1. The Morgan fingerprint density at radius 1 is 1.40 bits per heavy atom. The maximum Gasteiger partial charge on any atom is 0.0402 e. The minimum absolute atomic E-state index is 0.266. The lowest BCUT2D eigenvalue weighted by Gasteiger charge is -2.40. The third kappa shape index (κ3) is 3.50. The number of thioether (sulfide) groups is 1. The number of hydrogen-bond acceptors (Lipinski definition) is 3. The molecule has 20 heavy (non-hydrogen) atoms. The summed E-state index contributed by atoms with van der Waals surface area (Å²) in [5.74, 6) is 1.22. The topological polar surface area (TPSA) is 29.3 Å². The van der Waals surface area contributed by atoms with Crippen LogP contribution in [0, 0.1) is 6.92 Å². The molecule has 2 N–H and O–H groups in total. The number of nitrogens with two attached hydrogens (primary N) is 1. The van der Waals surface area contributed by atoms with Crippen LogP contribution >= 0.6 is 11.8 Å². The Kier molecular flexibility index (Phi) is 5.39. The van der Waals surface area contributed by atoms with Crippen LogP contribution < -0.4 is 10.6 Å². The summed E-state index contributed by atoms with van der Waals surface area (Å²) in [6.45, 7) is 10.2. The maximum absolute atomic E-state index is 6.19. The van der Waals surface area contributed by atoms with Crippen molar-refractivity contribution >= 4 is 17.4 Å². The zero-order chi connectivity index (χ0) is 14.7. The van der Waals surface area contributed by atoms with Crippen molar-refractivity contribution in [2.75, 3.05) is 17.2 Å². The van der Waals surface area contributed by atoms with Crippen LogP contribution in [0.5, 0.6) is 0 Å². The Labute approximate surface area is 128 Å². The maximum atomic E-state index is 6.19. The Balaban J connectivity index is 2.30. The molecule has 1 aromatic carbocycles. The van der Waals surface area contributed by atoms with E-state index in [4.69, 9.17) is 5.73 Å². The second-order valence-corrected chi connectivity index (χ2v) is 7.50. The number of rotatable bonds is 4. The fourth-order valence-corrected chi connectivity index (χ4v) is 3.96. The lowest BCUT2D eigenvalue weighted by Crippen LogP contribution is -2.45. The summed E-state index contributed by atoms with van der Waals surface area (Å²) in [5, 5.41) is 0.692. The van der Waals surface area contributed by atoms with Gasteiger partial charge in [-0.3, -0.25) is 0 Å². The molecule has 112 valence electrons. The summed E-state index contributed by atoms with van der Waals surface area (Å²) in [7, 11) is 0. The van der Waals surface area contributed by atoms with E-state index in [1.165, 1.54) is 22.6 Å². The summed E-state index contributed by atoms with van der Waals surface area (Å²) < 4.78 is 0. The zero-order valence-electron chi connectivity index (χ0n) is 13.2. The molecule has 1 fully saturated rings. The molecule has 0 spiro atoms. The van der Waals surface area contributed by atoms with Gasteiger partial charge in [-0.2, -0.15) is 11.8 Å². The number of aryl methyl sites for hydroxylation is 1. The van der Waals surface area contributed by atoms with Crippen molar-refractivity contribution in [3.63, 3.8) is 0 Å². The standard InChI is InChI=1S/C17H28N2S/c1-5-16(18)11-15-10-12(2)6-7-17(15)19-8-9-20-14(4)13(19)3/h6-7,10,13-14,16H,5,8-9,11,18H2,1-4H3. The Hall–Kier alpha value is -0.670. The van der Waals surface area contributed by atoms with Crippen LogP contribution in [-0.4, -0.2) is 29.6 Å². The van der Waals surface area contributed by atoms with Gasteiger partial charge in [0.05, 0.1) is 0 Å². The second-order valence-electron chi connectivity index (χ2n) is 6.01. The molecule has 3 atom stereocenters. The molecule has 1 aromatic rings. The highest BCUT2D eigenvalue weighted by atomic mass is 32.2. The van der Waals surface area contributed by atoms with Gasteiger partial charge in [0.15, 0.2) is 0 Å². The number of anilines is 1. The van der Waals surface area contributed by atoms with Crippen LogP contribution in [0.15, 0.2) is 18.2 Å². The molecule has 0 aromatic heterocycles. The van der Waals surface area contributed by atoms with Gasteiger partial charge in [0, 0.05) is 35.3 Å². The van der Waals surface area contributed by atoms with Gasteiger partial charge in [0.1, 0.15) is 0 Å². The molecular weight excluding hydrogens is 264 g/mol. The Morgan fingerprint density at radius 3 is 2.85 bits per heavy atom. The third-order valence-electron chi connectivity index (χ3n) is 4.43. The van der Waals surface area contributed by atoms with Crippen molar-refractivity contribution in [2.45, 2.75) is 57.9 Å². The SMILES string of the molecule is CCC(N)Cc1cc(C)ccc1N1CCSC(C)C1C. The fraction of sp³-hybridized carbons (Fsp3) is 0.647. The van der Waals surface area contributed by atoms with E-state index in [2.05, 4.69) is 62.6 Å². The summed E-state index contributed by atoms with van der Waals surface area (Å²) >= 11 is 2.09. The zero-order valence-corrected chi connectivity index (χ0v) is 14.0. The van der Waals surface area contributed by atoms with Crippen molar-refractivity contribution in [2.24, 2.45) is 5.73 Å². The van der Waals surface area contributed by atoms with Crippen molar-refractivity contribution in [1.29, 1.82) is 0 Å². The fourth-order valence-electron chi connectivity index (χ4n) is 2.86. The summed E-state index contributed by atoms with van der Waals surface area (Å²) in [6, 6.07) is 7.71. The molecule has 0 saturated carbocycles. The van der Waals surface area contributed by atoms with Gasteiger partial charge in [-0.15, -0.1) is 0 Å². The molecule has 0 radical (unpaired) electrons. The monoisotopic (exact) mass is 292 g/mol. The van der Waals surface area contributed by atoms with Gasteiger partial charge in [-0.1, -0.05) is 31.5 Å². The van der Waals surface area contributed by atoms with E-state index >= 15 is 0 Å². The molecule has 2 rings (SSSR count). The molecular formula is C17H28N2S. The molecule has 2 nitrogen and oxygen atoms in total. The lowest BCUT2D eigenvalue weighted by molar-refractivity contribution is 0.613. The van der Waals surface area contributed by atoms with Gasteiger partial charge in [-0.25, -0.2) is 0 Å². The van der Waals surface area contributed by atoms with E-state index in [0.717, 1.165) is 19.4 Å². The molecule has 3 heteroatoms. The van der Waals surface area contributed by atoms with E-state index < -0.39 is 0 Å². The van der Waals surface area contributed by atoms with Gasteiger partial charge in [0.2, 0.25) is 0 Å². The first-order chi connectivity index (χ1) is 9.52. The normalized spacial score (nSPS) is 24.8. The minimum Gasteiger partial charge on any atom is -0.367 e. The van der Waals surface area contributed by atoms with Gasteiger partial charge in [-0.05, 0) is 38.3 Å². The van der Waals surface area contributed by atoms with E-state index in [1.807, 2.05) is 0 Å². The summed E-state index contributed by atoms with van der Waals surface area (Å²) in [6.07, 6.45) is 2.02. The van der Waals surface area contributed by atoms with E-state index in [-0.39, 0.29) is 6.04 Å². The smallest absolute Gasteiger partial charge is 0.0402 e. The number of nitrogens with zero attached hydrogens (tertiary/aromatic N) is 1. The van der Waals surface area contributed by atoms with E-state index in [0.29, 0.717) is 11.3 Å². The van der Waals surface area contributed by atoms with Gasteiger partial charge in [0.25, 0.3) is 0 Å².